The van der Waals surface area contributed by atoms with Crippen molar-refractivity contribution >= 4 is 5.71 Å². The molecule has 0 aliphatic rings. The number of oxime groups is 1. The zero-order valence-electron chi connectivity index (χ0n) is 9.76. The third-order valence-corrected chi connectivity index (χ3v) is 2.53. The van der Waals surface area contributed by atoms with Gasteiger partial charge < -0.3 is 5.21 Å². The molecule has 0 radical (unpaired) electrons. The van der Waals surface area contributed by atoms with E-state index in [2.05, 4.69) is 19.0 Å². The van der Waals surface area contributed by atoms with E-state index in [-0.39, 0.29) is 0 Å². The quantitative estimate of drug-likeness (QED) is 0.254. The van der Waals surface area contributed by atoms with Crippen LogP contribution in [0.4, 0.5) is 0 Å². The van der Waals surface area contributed by atoms with Gasteiger partial charge in [-0.2, -0.15) is 0 Å². The fourth-order valence-corrected chi connectivity index (χ4v) is 1.56. The van der Waals surface area contributed by atoms with Gasteiger partial charge in [-0.25, -0.2) is 0 Å². The molecule has 0 amide bonds. The van der Waals surface area contributed by atoms with E-state index in [0.29, 0.717) is 0 Å². The van der Waals surface area contributed by atoms with Gasteiger partial charge in [0, 0.05) is 0 Å². The van der Waals surface area contributed by atoms with Gasteiger partial charge in [0.15, 0.2) is 0 Å². The molecule has 0 heterocycles. The first-order valence-electron chi connectivity index (χ1n) is 6.04. The summed E-state index contributed by atoms with van der Waals surface area (Å²) in [6, 6.07) is 0. The van der Waals surface area contributed by atoms with Crippen molar-refractivity contribution in [3.63, 3.8) is 0 Å². The molecule has 14 heavy (non-hydrogen) atoms. The van der Waals surface area contributed by atoms with Gasteiger partial charge in [-0.3, -0.25) is 0 Å². The number of hydrogen-bond donors (Lipinski definition) is 1. The van der Waals surface area contributed by atoms with Crippen LogP contribution in [0.2, 0.25) is 0 Å². The lowest BCUT2D eigenvalue weighted by molar-refractivity contribution is 0.315. The van der Waals surface area contributed by atoms with Crippen LogP contribution in [0.3, 0.4) is 0 Å². The van der Waals surface area contributed by atoms with E-state index in [9.17, 15) is 0 Å². The van der Waals surface area contributed by atoms with Gasteiger partial charge in [0.2, 0.25) is 0 Å². The second kappa shape index (κ2) is 10.6. The monoisotopic (exact) mass is 199 g/mol. The van der Waals surface area contributed by atoms with E-state index >= 15 is 0 Å². The highest BCUT2D eigenvalue weighted by Crippen LogP contribution is 2.08. The predicted molar refractivity (Wildman–Crippen MR) is 62.1 cm³/mol. The smallest absolute Gasteiger partial charge is 0.0570 e. The van der Waals surface area contributed by atoms with E-state index in [4.69, 9.17) is 5.21 Å². The summed E-state index contributed by atoms with van der Waals surface area (Å²) in [6.45, 7) is 4.40. The normalized spacial score (nSPS) is 12.0. The van der Waals surface area contributed by atoms with Gasteiger partial charge in [-0.05, 0) is 25.7 Å². The van der Waals surface area contributed by atoms with Crippen molar-refractivity contribution in [2.75, 3.05) is 0 Å². The Morgan fingerprint density at radius 1 is 0.857 bits per heavy atom. The summed E-state index contributed by atoms with van der Waals surface area (Å²) >= 11 is 0. The highest BCUT2D eigenvalue weighted by Gasteiger charge is 1.99. The summed E-state index contributed by atoms with van der Waals surface area (Å²) in [5, 5.41) is 12.1. The highest BCUT2D eigenvalue weighted by molar-refractivity contribution is 5.83. The van der Waals surface area contributed by atoms with E-state index in [0.717, 1.165) is 18.6 Å². The third-order valence-electron chi connectivity index (χ3n) is 2.53. The Kier molecular flexibility index (Phi) is 10.2. The van der Waals surface area contributed by atoms with Gasteiger partial charge in [0.1, 0.15) is 0 Å². The van der Waals surface area contributed by atoms with Gasteiger partial charge in [-0.15, -0.1) is 0 Å². The Morgan fingerprint density at radius 2 is 1.36 bits per heavy atom. The third kappa shape index (κ3) is 8.09. The Bertz CT molecular complexity index is 143. The lowest BCUT2D eigenvalue weighted by Gasteiger charge is -2.03. The zero-order valence-corrected chi connectivity index (χ0v) is 9.76. The summed E-state index contributed by atoms with van der Waals surface area (Å²) in [5.74, 6) is 0. The van der Waals surface area contributed by atoms with Crippen molar-refractivity contribution in [2.45, 2.75) is 71.6 Å². The topological polar surface area (TPSA) is 32.6 Å². The molecule has 0 atom stereocenters. The minimum absolute atomic E-state index is 0.983. The minimum Gasteiger partial charge on any atom is -0.411 e. The van der Waals surface area contributed by atoms with Gasteiger partial charge in [0.25, 0.3) is 0 Å². The maximum atomic E-state index is 8.77. The zero-order chi connectivity index (χ0) is 10.6. The maximum Gasteiger partial charge on any atom is 0.0570 e. The van der Waals surface area contributed by atoms with E-state index in [1.807, 2.05) is 0 Å². The molecule has 0 aliphatic heterocycles. The first kappa shape index (κ1) is 13.5. The average Bonchev–Trinajstić information content (AvgIpc) is 2.22. The first-order valence-corrected chi connectivity index (χ1v) is 6.04. The molecule has 0 saturated carbocycles. The van der Waals surface area contributed by atoms with Crippen LogP contribution >= 0.6 is 0 Å². The van der Waals surface area contributed by atoms with Crippen LogP contribution in [0.25, 0.3) is 0 Å². The van der Waals surface area contributed by atoms with E-state index in [1.54, 1.807) is 0 Å². The summed E-state index contributed by atoms with van der Waals surface area (Å²) in [6.07, 6.45) is 10.6. The highest BCUT2D eigenvalue weighted by atomic mass is 16.4. The summed E-state index contributed by atoms with van der Waals surface area (Å²) in [7, 11) is 0. The SMILES string of the molecule is CCCCCC/C(CCCCC)=N/O. The molecule has 0 bridgehead atoms. The molecule has 2 heteroatoms. The minimum atomic E-state index is 0.983. The second-order valence-corrected chi connectivity index (χ2v) is 3.93. The largest absolute Gasteiger partial charge is 0.411 e. The molecular formula is C12H25NO. The van der Waals surface area contributed by atoms with Crippen LogP contribution in [0, 0.1) is 0 Å². The number of unbranched alkanes of at least 4 members (excludes halogenated alkanes) is 5. The maximum absolute atomic E-state index is 8.77. The lowest BCUT2D eigenvalue weighted by atomic mass is 10.0. The van der Waals surface area contributed by atoms with Crippen LogP contribution in [0.5, 0.6) is 0 Å². The molecule has 0 aromatic carbocycles. The van der Waals surface area contributed by atoms with Crippen molar-refractivity contribution in [2.24, 2.45) is 5.16 Å². The van der Waals surface area contributed by atoms with Gasteiger partial charge in [-0.1, -0.05) is 51.1 Å². The Balaban J connectivity index is 3.39. The molecule has 0 spiro atoms. The van der Waals surface area contributed by atoms with Gasteiger partial charge >= 0.3 is 0 Å². The number of rotatable bonds is 9. The van der Waals surface area contributed by atoms with Crippen LogP contribution in [0.1, 0.15) is 71.6 Å². The van der Waals surface area contributed by atoms with Crippen LogP contribution in [-0.2, 0) is 0 Å². The summed E-state index contributed by atoms with van der Waals surface area (Å²) < 4.78 is 0. The Labute approximate surface area is 88.4 Å². The van der Waals surface area contributed by atoms with Crippen molar-refractivity contribution in [1.29, 1.82) is 0 Å². The van der Waals surface area contributed by atoms with Crippen molar-refractivity contribution in [1.82, 2.24) is 0 Å². The van der Waals surface area contributed by atoms with Crippen molar-refractivity contribution < 1.29 is 5.21 Å². The lowest BCUT2D eigenvalue weighted by Crippen LogP contribution is -1.98. The fourth-order valence-electron chi connectivity index (χ4n) is 1.56. The predicted octanol–water partition coefficient (Wildman–Crippen LogP) is 4.37. The molecule has 0 rings (SSSR count). The molecule has 0 fully saturated rings. The van der Waals surface area contributed by atoms with Crippen LogP contribution < -0.4 is 0 Å². The molecule has 84 valence electrons. The molecule has 2 nitrogen and oxygen atoms in total. The standard InChI is InChI=1S/C12H25NO/c1-3-5-7-9-11-12(13-14)10-8-6-4-2/h14H,3-11H2,1-2H3/b13-12+. The summed E-state index contributed by atoms with van der Waals surface area (Å²) in [5.41, 5.74) is 0.995. The Hall–Kier alpha value is -0.530. The van der Waals surface area contributed by atoms with Crippen LogP contribution in [-0.4, -0.2) is 10.9 Å². The molecule has 0 unspecified atom stereocenters. The average molecular weight is 199 g/mol. The molecule has 0 aromatic rings. The fraction of sp³-hybridized carbons (Fsp3) is 0.917. The number of nitrogens with zero attached hydrogens (tertiary/aromatic N) is 1. The van der Waals surface area contributed by atoms with Crippen molar-refractivity contribution in [3.05, 3.63) is 0 Å². The second-order valence-electron chi connectivity index (χ2n) is 3.93. The van der Waals surface area contributed by atoms with Gasteiger partial charge in [0.05, 0.1) is 5.71 Å². The molecule has 1 N–H and O–H groups in total. The summed E-state index contributed by atoms with van der Waals surface area (Å²) in [4.78, 5) is 0. The molecular weight excluding hydrogens is 174 g/mol. The Morgan fingerprint density at radius 3 is 1.86 bits per heavy atom. The van der Waals surface area contributed by atoms with Crippen molar-refractivity contribution in [3.8, 4) is 0 Å². The first-order chi connectivity index (χ1) is 6.85. The molecule has 0 aliphatic carbocycles. The van der Waals surface area contributed by atoms with Crippen LogP contribution in [0.15, 0.2) is 5.16 Å². The van der Waals surface area contributed by atoms with E-state index < -0.39 is 0 Å². The number of hydrogen-bond acceptors (Lipinski definition) is 2. The van der Waals surface area contributed by atoms with E-state index in [1.165, 1.54) is 44.9 Å². The molecule has 0 saturated heterocycles. The molecule has 0 aromatic heterocycles.